The van der Waals surface area contributed by atoms with Gasteiger partial charge in [0.05, 0.1) is 11.9 Å². The molecule has 0 amide bonds. The van der Waals surface area contributed by atoms with Crippen molar-refractivity contribution in [1.82, 2.24) is 4.98 Å². The van der Waals surface area contributed by atoms with E-state index in [1.807, 2.05) is 25.1 Å². The molecule has 3 nitrogen and oxygen atoms in total. The van der Waals surface area contributed by atoms with Gasteiger partial charge in [-0.3, -0.25) is 0 Å². The predicted octanol–water partition coefficient (Wildman–Crippen LogP) is 3.47. The Hall–Kier alpha value is -1.55. The summed E-state index contributed by atoms with van der Waals surface area (Å²) < 4.78 is 0.861. The molecule has 0 aliphatic carbocycles. The molecule has 0 aliphatic heterocycles. The third kappa shape index (κ3) is 3.20. The van der Waals surface area contributed by atoms with Crippen molar-refractivity contribution < 1.29 is 5.11 Å². The zero-order valence-corrected chi connectivity index (χ0v) is 11.0. The van der Waals surface area contributed by atoms with Gasteiger partial charge >= 0.3 is 0 Å². The van der Waals surface area contributed by atoms with Crippen molar-refractivity contribution in [2.24, 2.45) is 0 Å². The zero-order chi connectivity index (χ0) is 12.3. The number of nitrogens with zero attached hydrogens (tertiary/aromatic N) is 1. The number of nitrogens with one attached hydrogen (secondary N) is 1. The quantitative estimate of drug-likeness (QED) is 0.852. The molecule has 1 aromatic heterocycles. The fraction of sp³-hybridized carbons (Fsp3) is 0.154. The third-order valence-electron chi connectivity index (χ3n) is 2.42. The standard InChI is InChI=1S/C13H13BrN2O/c1-9-5-11(8-16-13(9)14)15-7-10-3-2-4-12(17)6-10/h2-6,8,15,17H,7H2,1H3. The van der Waals surface area contributed by atoms with E-state index >= 15 is 0 Å². The topological polar surface area (TPSA) is 45.1 Å². The lowest BCUT2D eigenvalue weighted by molar-refractivity contribution is 0.474. The molecule has 4 heteroatoms. The first-order chi connectivity index (χ1) is 8.15. The van der Waals surface area contributed by atoms with Crippen LogP contribution in [0.5, 0.6) is 5.75 Å². The number of phenolic OH excluding ortho intramolecular Hbond substituents is 1. The molecule has 0 unspecified atom stereocenters. The van der Waals surface area contributed by atoms with Crippen molar-refractivity contribution in [2.75, 3.05) is 5.32 Å². The number of hydrogen-bond acceptors (Lipinski definition) is 3. The van der Waals surface area contributed by atoms with Crippen LogP contribution in [0.25, 0.3) is 0 Å². The lowest BCUT2D eigenvalue weighted by atomic mass is 10.2. The number of aromatic nitrogens is 1. The average Bonchev–Trinajstić information content (AvgIpc) is 2.31. The number of phenols is 1. The van der Waals surface area contributed by atoms with Gasteiger partial charge in [0.15, 0.2) is 0 Å². The Morgan fingerprint density at radius 3 is 2.88 bits per heavy atom. The predicted molar refractivity (Wildman–Crippen MR) is 72.1 cm³/mol. The molecular weight excluding hydrogens is 280 g/mol. The number of hydrogen-bond donors (Lipinski definition) is 2. The van der Waals surface area contributed by atoms with Crippen molar-refractivity contribution in [3.8, 4) is 5.75 Å². The normalized spacial score (nSPS) is 10.2. The summed E-state index contributed by atoms with van der Waals surface area (Å²) in [6.07, 6.45) is 1.78. The summed E-state index contributed by atoms with van der Waals surface area (Å²) in [6, 6.07) is 9.23. The van der Waals surface area contributed by atoms with Crippen LogP contribution in [0.1, 0.15) is 11.1 Å². The van der Waals surface area contributed by atoms with Crippen LogP contribution in [0.2, 0.25) is 0 Å². The smallest absolute Gasteiger partial charge is 0.115 e. The zero-order valence-electron chi connectivity index (χ0n) is 9.44. The minimum atomic E-state index is 0.286. The Bertz CT molecular complexity index is 529. The Kier molecular flexibility index (Phi) is 3.64. The van der Waals surface area contributed by atoms with Crippen molar-refractivity contribution in [3.63, 3.8) is 0 Å². The molecule has 88 valence electrons. The number of pyridine rings is 1. The first-order valence-electron chi connectivity index (χ1n) is 5.29. The lowest BCUT2D eigenvalue weighted by Crippen LogP contribution is -2.00. The van der Waals surface area contributed by atoms with Gasteiger partial charge in [0.1, 0.15) is 10.4 Å². The van der Waals surface area contributed by atoms with E-state index in [9.17, 15) is 5.11 Å². The molecule has 17 heavy (non-hydrogen) atoms. The Balaban J connectivity index is 2.05. The van der Waals surface area contributed by atoms with Crippen LogP contribution < -0.4 is 5.32 Å². The number of aromatic hydroxyl groups is 1. The van der Waals surface area contributed by atoms with E-state index in [1.54, 1.807) is 18.3 Å². The van der Waals surface area contributed by atoms with E-state index in [4.69, 9.17) is 0 Å². The van der Waals surface area contributed by atoms with Gasteiger partial charge < -0.3 is 10.4 Å². The van der Waals surface area contributed by atoms with E-state index in [-0.39, 0.29) is 5.75 Å². The van der Waals surface area contributed by atoms with Crippen LogP contribution in [0.3, 0.4) is 0 Å². The summed E-state index contributed by atoms with van der Waals surface area (Å²) in [5, 5.41) is 12.6. The average molecular weight is 293 g/mol. The van der Waals surface area contributed by atoms with Crippen molar-refractivity contribution in [1.29, 1.82) is 0 Å². The van der Waals surface area contributed by atoms with Gasteiger partial charge in [0.2, 0.25) is 0 Å². The van der Waals surface area contributed by atoms with E-state index in [0.717, 1.165) is 21.4 Å². The van der Waals surface area contributed by atoms with Crippen LogP contribution in [-0.2, 0) is 6.54 Å². The van der Waals surface area contributed by atoms with Gasteiger partial charge in [-0.25, -0.2) is 4.98 Å². The molecule has 1 heterocycles. The second-order valence-corrected chi connectivity index (χ2v) is 4.61. The number of benzene rings is 1. The summed E-state index contributed by atoms with van der Waals surface area (Å²) in [4.78, 5) is 4.21. The highest BCUT2D eigenvalue weighted by Crippen LogP contribution is 2.18. The molecule has 0 aliphatic rings. The maximum absolute atomic E-state index is 9.34. The van der Waals surface area contributed by atoms with Gasteiger partial charge in [-0.2, -0.15) is 0 Å². The summed E-state index contributed by atoms with van der Waals surface area (Å²) in [7, 11) is 0. The Morgan fingerprint density at radius 1 is 1.35 bits per heavy atom. The van der Waals surface area contributed by atoms with E-state index in [2.05, 4.69) is 26.2 Å². The van der Waals surface area contributed by atoms with E-state index in [1.165, 1.54) is 0 Å². The van der Waals surface area contributed by atoms with Crippen molar-refractivity contribution >= 4 is 21.6 Å². The first kappa shape index (κ1) is 11.9. The molecule has 2 N–H and O–H groups in total. The second-order valence-electron chi connectivity index (χ2n) is 3.86. The minimum absolute atomic E-state index is 0.286. The third-order valence-corrected chi connectivity index (χ3v) is 3.25. The summed E-state index contributed by atoms with van der Waals surface area (Å²) >= 11 is 3.36. The molecule has 0 radical (unpaired) electrons. The Labute approximate surface area is 109 Å². The molecule has 2 rings (SSSR count). The number of halogens is 1. The maximum Gasteiger partial charge on any atom is 0.115 e. The van der Waals surface area contributed by atoms with Gasteiger partial charge in [0.25, 0.3) is 0 Å². The molecular formula is C13H13BrN2O. The van der Waals surface area contributed by atoms with Crippen molar-refractivity contribution in [3.05, 3.63) is 52.3 Å². The lowest BCUT2D eigenvalue weighted by Gasteiger charge is -2.07. The van der Waals surface area contributed by atoms with Gasteiger partial charge in [-0.1, -0.05) is 12.1 Å². The SMILES string of the molecule is Cc1cc(NCc2cccc(O)c2)cnc1Br. The van der Waals surface area contributed by atoms with Crippen molar-refractivity contribution in [2.45, 2.75) is 13.5 Å². The fourth-order valence-corrected chi connectivity index (χ4v) is 1.74. The van der Waals surface area contributed by atoms with E-state index in [0.29, 0.717) is 6.54 Å². The summed E-state index contributed by atoms with van der Waals surface area (Å²) in [5.41, 5.74) is 3.09. The summed E-state index contributed by atoms with van der Waals surface area (Å²) in [6.45, 7) is 2.66. The second kappa shape index (κ2) is 5.19. The molecule has 0 atom stereocenters. The first-order valence-corrected chi connectivity index (χ1v) is 6.08. The minimum Gasteiger partial charge on any atom is -0.508 e. The van der Waals surface area contributed by atoms with Gasteiger partial charge in [-0.05, 0) is 52.2 Å². The number of rotatable bonds is 3. The molecule has 0 spiro atoms. The largest absolute Gasteiger partial charge is 0.508 e. The van der Waals surface area contributed by atoms with Gasteiger partial charge in [0, 0.05) is 6.54 Å². The highest BCUT2D eigenvalue weighted by molar-refractivity contribution is 9.10. The maximum atomic E-state index is 9.34. The van der Waals surface area contributed by atoms with Gasteiger partial charge in [-0.15, -0.1) is 0 Å². The Morgan fingerprint density at radius 2 is 2.18 bits per heavy atom. The molecule has 2 aromatic rings. The molecule has 0 bridgehead atoms. The molecule has 0 fully saturated rings. The van der Waals surface area contributed by atoms with Crippen LogP contribution in [0.15, 0.2) is 41.1 Å². The van der Waals surface area contributed by atoms with Crippen LogP contribution in [0.4, 0.5) is 5.69 Å². The summed E-state index contributed by atoms with van der Waals surface area (Å²) in [5.74, 6) is 0.286. The number of anilines is 1. The molecule has 0 saturated heterocycles. The highest BCUT2D eigenvalue weighted by Gasteiger charge is 1.99. The van der Waals surface area contributed by atoms with Crippen LogP contribution >= 0.6 is 15.9 Å². The number of aryl methyl sites for hydroxylation is 1. The van der Waals surface area contributed by atoms with Crippen LogP contribution in [0, 0.1) is 6.92 Å². The fourth-order valence-electron chi connectivity index (χ4n) is 1.53. The molecule has 0 saturated carbocycles. The monoisotopic (exact) mass is 292 g/mol. The van der Waals surface area contributed by atoms with Crippen LogP contribution in [-0.4, -0.2) is 10.1 Å². The van der Waals surface area contributed by atoms with E-state index < -0.39 is 0 Å². The molecule has 1 aromatic carbocycles. The highest BCUT2D eigenvalue weighted by atomic mass is 79.9.